The van der Waals surface area contributed by atoms with Gasteiger partial charge in [0, 0.05) is 13.0 Å². The number of carbonyl (C=O) groups is 2. The second-order valence-electron chi connectivity index (χ2n) is 6.54. The van der Waals surface area contributed by atoms with Gasteiger partial charge >= 0.3 is 5.97 Å². The van der Waals surface area contributed by atoms with Gasteiger partial charge in [0.2, 0.25) is 5.91 Å². The van der Waals surface area contributed by atoms with Crippen LogP contribution in [0.5, 0.6) is 5.75 Å². The minimum Gasteiger partial charge on any atom is -0.497 e. The van der Waals surface area contributed by atoms with E-state index in [0.29, 0.717) is 29.4 Å². The third kappa shape index (κ3) is 5.64. The van der Waals surface area contributed by atoms with E-state index in [1.807, 2.05) is 35.8 Å². The van der Waals surface area contributed by atoms with Crippen molar-refractivity contribution < 1.29 is 19.1 Å². The van der Waals surface area contributed by atoms with Crippen LogP contribution in [0, 0.1) is 0 Å². The Labute approximate surface area is 185 Å². The van der Waals surface area contributed by atoms with Crippen molar-refractivity contribution in [3.8, 4) is 5.75 Å². The van der Waals surface area contributed by atoms with Crippen LogP contribution in [-0.4, -0.2) is 46.6 Å². The Morgan fingerprint density at radius 1 is 1.06 bits per heavy atom. The molecule has 1 heterocycles. The van der Waals surface area contributed by atoms with Crippen LogP contribution in [0.2, 0.25) is 0 Å². The van der Waals surface area contributed by atoms with Crippen LogP contribution in [0.25, 0.3) is 0 Å². The summed E-state index contributed by atoms with van der Waals surface area (Å²) in [5.74, 6) is 1.01. The number of thioether (sulfide) groups is 1. The van der Waals surface area contributed by atoms with E-state index in [1.54, 1.807) is 31.4 Å². The number of rotatable bonds is 9. The van der Waals surface area contributed by atoms with E-state index in [9.17, 15) is 9.59 Å². The molecule has 0 radical (unpaired) electrons. The number of hydrogen-bond donors (Lipinski definition) is 1. The first kappa shape index (κ1) is 22.4. The van der Waals surface area contributed by atoms with Crippen LogP contribution in [0.3, 0.4) is 0 Å². The van der Waals surface area contributed by atoms with Crippen LogP contribution in [0.15, 0.2) is 53.7 Å². The Balaban J connectivity index is 1.64. The Morgan fingerprint density at radius 3 is 2.48 bits per heavy atom. The zero-order valence-electron chi connectivity index (χ0n) is 17.6. The largest absolute Gasteiger partial charge is 0.497 e. The number of aromatic nitrogens is 3. The lowest BCUT2D eigenvalue weighted by atomic mass is 10.1. The molecule has 0 bridgehead atoms. The minimum absolute atomic E-state index is 0.135. The Morgan fingerprint density at radius 2 is 1.81 bits per heavy atom. The highest BCUT2D eigenvalue weighted by molar-refractivity contribution is 7.99. The van der Waals surface area contributed by atoms with Crippen molar-refractivity contribution in [2.75, 3.05) is 25.3 Å². The normalized spacial score (nSPS) is 10.5. The van der Waals surface area contributed by atoms with Gasteiger partial charge in [-0.25, -0.2) is 4.79 Å². The van der Waals surface area contributed by atoms with Gasteiger partial charge in [-0.05, 0) is 36.8 Å². The molecule has 8 nitrogen and oxygen atoms in total. The highest BCUT2D eigenvalue weighted by Gasteiger charge is 2.16. The van der Waals surface area contributed by atoms with Crippen molar-refractivity contribution in [3.05, 3.63) is 65.5 Å². The lowest BCUT2D eigenvalue weighted by Crippen LogP contribution is -2.17. The van der Waals surface area contributed by atoms with Crippen LogP contribution in [0.4, 0.5) is 5.69 Å². The molecule has 1 N–H and O–H groups in total. The van der Waals surface area contributed by atoms with Gasteiger partial charge in [0.15, 0.2) is 5.16 Å². The third-order valence-corrected chi connectivity index (χ3v) is 5.54. The summed E-state index contributed by atoms with van der Waals surface area (Å²) in [5.41, 5.74) is 1.82. The number of carbonyl (C=O) groups excluding carboxylic acids is 2. The molecule has 31 heavy (non-hydrogen) atoms. The molecule has 162 valence electrons. The van der Waals surface area contributed by atoms with Crippen LogP contribution >= 0.6 is 11.8 Å². The summed E-state index contributed by atoms with van der Waals surface area (Å²) in [7, 11) is 2.94. The number of ether oxygens (including phenoxy) is 2. The van der Waals surface area contributed by atoms with Gasteiger partial charge in [-0.3, -0.25) is 4.79 Å². The molecule has 0 aliphatic heterocycles. The van der Waals surface area contributed by atoms with E-state index in [2.05, 4.69) is 15.5 Å². The number of nitrogens with one attached hydrogen (secondary N) is 1. The fraction of sp³-hybridized carbons (Fsp3) is 0.273. The van der Waals surface area contributed by atoms with E-state index in [1.165, 1.54) is 18.9 Å². The van der Waals surface area contributed by atoms with E-state index < -0.39 is 5.97 Å². The Hall–Kier alpha value is -3.33. The van der Waals surface area contributed by atoms with Gasteiger partial charge in [-0.2, -0.15) is 0 Å². The molecular formula is C22H24N4O4S. The SMILES string of the molecule is CCn1c(Cc2ccc(OC)cc2)nnc1SCC(=O)Nc1ccccc1C(=O)OC. The summed E-state index contributed by atoms with van der Waals surface area (Å²) in [4.78, 5) is 24.3. The number of benzene rings is 2. The number of hydrogen-bond acceptors (Lipinski definition) is 7. The summed E-state index contributed by atoms with van der Waals surface area (Å²) in [5, 5.41) is 12.0. The number of methoxy groups -OCH3 is 2. The number of nitrogens with zero attached hydrogens (tertiary/aromatic N) is 3. The number of esters is 1. The Kier molecular flexibility index (Phi) is 7.66. The third-order valence-electron chi connectivity index (χ3n) is 4.57. The molecule has 0 aliphatic carbocycles. The molecule has 1 amide bonds. The van der Waals surface area contributed by atoms with Crippen molar-refractivity contribution >= 4 is 29.3 Å². The predicted octanol–water partition coefficient (Wildman–Crippen LogP) is 3.41. The summed E-state index contributed by atoms with van der Waals surface area (Å²) < 4.78 is 11.9. The first-order chi connectivity index (χ1) is 15.0. The molecule has 2 aromatic carbocycles. The maximum Gasteiger partial charge on any atom is 0.339 e. The monoisotopic (exact) mass is 440 g/mol. The van der Waals surface area contributed by atoms with Crippen molar-refractivity contribution in [1.82, 2.24) is 14.8 Å². The maximum absolute atomic E-state index is 12.5. The molecular weight excluding hydrogens is 416 g/mol. The molecule has 9 heteroatoms. The van der Waals surface area contributed by atoms with Crippen LogP contribution in [0.1, 0.15) is 28.7 Å². The predicted molar refractivity (Wildman–Crippen MR) is 119 cm³/mol. The van der Waals surface area contributed by atoms with Gasteiger partial charge in [0.05, 0.1) is 31.2 Å². The molecule has 0 unspecified atom stereocenters. The van der Waals surface area contributed by atoms with Gasteiger partial charge in [0.1, 0.15) is 11.6 Å². The highest BCUT2D eigenvalue weighted by atomic mass is 32.2. The average Bonchev–Trinajstić information content (AvgIpc) is 3.19. The number of para-hydroxylation sites is 1. The minimum atomic E-state index is -0.502. The second-order valence-corrected chi connectivity index (χ2v) is 7.48. The van der Waals surface area contributed by atoms with E-state index >= 15 is 0 Å². The van der Waals surface area contributed by atoms with Crippen LogP contribution in [-0.2, 0) is 22.5 Å². The molecule has 0 saturated heterocycles. The second kappa shape index (κ2) is 10.6. The molecule has 3 rings (SSSR count). The standard InChI is InChI=1S/C22H24N4O4S/c1-4-26-19(13-15-9-11-16(29-2)12-10-15)24-25-22(26)31-14-20(27)23-18-8-6-5-7-17(18)21(28)30-3/h5-12H,4,13-14H2,1-3H3,(H,23,27). The number of amides is 1. The quantitative estimate of drug-likeness (QED) is 0.402. The van der Waals surface area contributed by atoms with Crippen molar-refractivity contribution in [1.29, 1.82) is 0 Å². The molecule has 0 aliphatic rings. The summed E-state index contributed by atoms with van der Waals surface area (Å²) in [6.07, 6.45) is 0.629. The summed E-state index contributed by atoms with van der Waals surface area (Å²) in [6.45, 7) is 2.70. The van der Waals surface area contributed by atoms with Crippen molar-refractivity contribution in [2.45, 2.75) is 25.0 Å². The fourth-order valence-electron chi connectivity index (χ4n) is 3.00. The number of anilines is 1. The topological polar surface area (TPSA) is 95.3 Å². The summed E-state index contributed by atoms with van der Waals surface area (Å²) >= 11 is 1.30. The zero-order valence-corrected chi connectivity index (χ0v) is 18.4. The molecule has 0 atom stereocenters. The summed E-state index contributed by atoms with van der Waals surface area (Å²) in [6, 6.07) is 14.5. The highest BCUT2D eigenvalue weighted by Crippen LogP contribution is 2.21. The van der Waals surface area contributed by atoms with E-state index in [4.69, 9.17) is 9.47 Å². The zero-order chi connectivity index (χ0) is 22.2. The lowest BCUT2D eigenvalue weighted by Gasteiger charge is -2.10. The smallest absolute Gasteiger partial charge is 0.339 e. The Bertz CT molecular complexity index is 1050. The van der Waals surface area contributed by atoms with Gasteiger partial charge in [-0.15, -0.1) is 10.2 Å². The van der Waals surface area contributed by atoms with Gasteiger partial charge in [0.25, 0.3) is 0 Å². The maximum atomic E-state index is 12.5. The molecule has 0 saturated carbocycles. The van der Waals surface area contributed by atoms with E-state index in [-0.39, 0.29) is 11.7 Å². The van der Waals surface area contributed by atoms with Crippen molar-refractivity contribution in [2.24, 2.45) is 0 Å². The fourth-order valence-corrected chi connectivity index (χ4v) is 3.82. The van der Waals surface area contributed by atoms with Gasteiger partial charge < -0.3 is 19.4 Å². The molecule has 1 aromatic heterocycles. The first-order valence-corrected chi connectivity index (χ1v) is 10.7. The van der Waals surface area contributed by atoms with Crippen molar-refractivity contribution in [3.63, 3.8) is 0 Å². The average molecular weight is 441 g/mol. The van der Waals surface area contributed by atoms with Crippen LogP contribution < -0.4 is 10.1 Å². The van der Waals surface area contributed by atoms with Gasteiger partial charge in [-0.1, -0.05) is 36.0 Å². The first-order valence-electron chi connectivity index (χ1n) is 9.70. The molecule has 3 aromatic rings. The lowest BCUT2D eigenvalue weighted by molar-refractivity contribution is -0.113. The molecule has 0 spiro atoms. The van der Waals surface area contributed by atoms with E-state index in [0.717, 1.165) is 17.1 Å². The molecule has 0 fully saturated rings.